The van der Waals surface area contributed by atoms with E-state index in [4.69, 9.17) is 16.2 Å². The first-order valence-corrected chi connectivity index (χ1v) is 10.3. The van der Waals surface area contributed by atoms with E-state index in [0.29, 0.717) is 35.1 Å². The second kappa shape index (κ2) is 9.09. The summed E-state index contributed by atoms with van der Waals surface area (Å²) in [5.74, 6) is 0.556. The van der Waals surface area contributed by atoms with E-state index >= 15 is 0 Å². The van der Waals surface area contributed by atoms with E-state index < -0.39 is 5.82 Å². The number of rotatable bonds is 5. The van der Waals surface area contributed by atoms with Gasteiger partial charge in [-0.2, -0.15) is 4.98 Å². The van der Waals surface area contributed by atoms with Gasteiger partial charge < -0.3 is 26.4 Å². The number of nitrogen functional groups attached to an aromatic ring is 2. The van der Waals surface area contributed by atoms with Crippen molar-refractivity contribution in [1.82, 2.24) is 9.97 Å². The van der Waals surface area contributed by atoms with Crippen molar-refractivity contribution in [3.8, 4) is 17.0 Å². The predicted octanol–water partition coefficient (Wildman–Crippen LogP) is 3.31. The van der Waals surface area contributed by atoms with Crippen LogP contribution < -0.4 is 26.4 Å². The molecule has 1 amide bonds. The molecule has 0 saturated carbocycles. The summed E-state index contributed by atoms with van der Waals surface area (Å²) in [4.78, 5) is 23.5. The molecule has 1 aromatic heterocycles. The van der Waals surface area contributed by atoms with Crippen LogP contribution in [0, 0.1) is 11.7 Å². The second-order valence-electron chi connectivity index (χ2n) is 7.71. The molecule has 9 heteroatoms. The summed E-state index contributed by atoms with van der Waals surface area (Å²) in [6.45, 7) is 1.22. The van der Waals surface area contributed by atoms with Crippen LogP contribution in [0.5, 0.6) is 5.75 Å². The van der Waals surface area contributed by atoms with E-state index in [-0.39, 0.29) is 23.5 Å². The van der Waals surface area contributed by atoms with Crippen molar-refractivity contribution in [2.45, 2.75) is 12.8 Å². The van der Waals surface area contributed by atoms with Gasteiger partial charge in [0.1, 0.15) is 17.4 Å². The van der Waals surface area contributed by atoms with Crippen molar-refractivity contribution in [2.75, 3.05) is 41.9 Å². The van der Waals surface area contributed by atoms with Crippen LogP contribution in [0.1, 0.15) is 12.8 Å². The van der Waals surface area contributed by atoms with Gasteiger partial charge in [0.2, 0.25) is 11.9 Å². The molecular formula is C23H25FN6O2. The third kappa shape index (κ3) is 4.72. The van der Waals surface area contributed by atoms with E-state index in [1.807, 2.05) is 23.1 Å². The largest absolute Gasteiger partial charge is 0.497 e. The van der Waals surface area contributed by atoms with Crippen LogP contribution in [0.15, 0.2) is 48.5 Å². The number of methoxy groups -OCH3 is 1. The molecule has 1 atom stereocenters. The smallest absolute Gasteiger partial charge is 0.229 e. The summed E-state index contributed by atoms with van der Waals surface area (Å²) in [7, 11) is 1.58. The molecule has 1 saturated heterocycles. The van der Waals surface area contributed by atoms with Crippen LogP contribution in [0.4, 0.5) is 27.5 Å². The van der Waals surface area contributed by atoms with Gasteiger partial charge in [-0.1, -0.05) is 12.1 Å². The first-order chi connectivity index (χ1) is 15.4. The average Bonchev–Trinajstić information content (AvgIpc) is 2.80. The lowest BCUT2D eigenvalue weighted by atomic mass is 9.97. The molecule has 0 unspecified atom stereocenters. The standard InChI is InChI=1S/C23H25FN6O2/c1-32-17-6-2-5-16(11-17)27-22(31)15-4-3-9-30(13-15)21-12-20(28-23(26)29-21)14-7-8-19(25)18(24)10-14/h2,5-8,10-12,15H,3-4,9,13,25H2,1H3,(H,27,31)(H2,26,28,29)/t15-/m0/s1. The third-order valence-electron chi connectivity index (χ3n) is 5.48. The van der Waals surface area contributed by atoms with Crippen LogP contribution in [0.25, 0.3) is 11.3 Å². The molecule has 2 aromatic carbocycles. The van der Waals surface area contributed by atoms with E-state index in [1.165, 1.54) is 12.1 Å². The number of amides is 1. The van der Waals surface area contributed by atoms with Crippen LogP contribution >= 0.6 is 0 Å². The van der Waals surface area contributed by atoms with Crippen molar-refractivity contribution in [2.24, 2.45) is 5.92 Å². The Morgan fingerprint density at radius 1 is 1.19 bits per heavy atom. The van der Waals surface area contributed by atoms with Crippen LogP contribution in [0.3, 0.4) is 0 Å². The molecule has 166 valence electrons. The number of aromatic nitrogens is 2. The fraction of sp³-hybridized carbons (Fsp3) is 0.261. The average molecular weight is 436 g/mol. The van der Waals surface area contributed by atoms with Gasteiger partial charge in [-0.25, -0.2) is 9.37 Å². The third-order valence-corrected chi connectivity index (χ3v) is 5.48. The van der Waals surface area contributed by atoms with Gasteiger partial charge in [-0.05, 0) is 37.1 Å². The SMILES string of the molecule is COc1cccc(NC(=O)[C@H]2CCCN(c3cc(-c4ccc(N)c(F)c4)nc(N)n3)C2)c1. The van der Waals surface area contributed by atoms with Gasteiger partial charge in [0.25, 0.3) is 0 Å². The number of nitrogens with one attached hydrogen (secondary N) is 1. The van der Waals surface area contributed by atoms with Crippen LogP contribution in [-0.2, 0) is 4.79 Å². The quantitative estimate of drug-likeness (QED) is 0.525. The summed E-state index contributed by atoms with van der Waals surface area (Å²) >= 11 is 0. The van der Waals surface area contributed by atoms with Gasteiger partial charge in [-0.15, -0.1) is 0 Å². The van der Waals surface area contributed by atoms with Crippen LogP contribution in [0.2, 0.25) is 0 Å². The number of benzene rings is 2. The molecule has 0 spiro atoms. The molecule has 3 aromatic rings. The highest BCUT2D eigenvalue weighted by Crippen LogP contribution is 2.28. The van der Waals surface area contributed by atoms with Crippen molar-refractivity contribution >= 4 is 29.0 Å². The maximum absolute atomic E-state index is 13.9. The van der Waals surface area contributed by atoms with Gasteiger partial charge >= 0.3 is 0 Å². The Morgan fingerprint density at radius 3 is 2.81 bits per heavy atom. The fourth-order valence-corrected chi connectivity index (χ4v) is 3.79. The highest BCUT2D eigenvalue weighted by Gasteiger charge is 2.27. The number of carbonyl (C=O) groups excluding carboxylic acids is 1. The van der Waals surface area contributed by atoms with Gasteiger partial charge in [0, 0.05) is 36.5 Å². The molecule has 0 aliphatic carbocycles. The number of nitrogens with zero attached hydrogens (tertiary/aromatic N) is 3. The summed E-state index contributed by atoms with van der Waals surface area (Å²) in [6.07, 6.45) is 1.59. The van der Waals surface area contributed by atoms with E-state index in [0.717, 1.165) is 19.4 Å². The summed E-state index contributed by atoms with van der Waals surface area (Å²) in [5.41, 5.74) is 13.3. The minimum absolute atomic E-state index is 0.0641. The zero-order chi connectivity index (χ0) is 22.7. The molecule has 0 radical (unpaired) electrons. The Morgan fingerprint density at radius 2 is 2.03 bits per heavy atom. The number of halogens is 1. The van der Waals surface area contributed by atoms with E-state index in [2.05, 4.69) is 15.3 Å². The second-order valence-corrected chi connectivity index (χ2v) is 7.71. The predicted molar refractivity (Wildman–Crippen MR) is 123 cm³/mol. The highest BCUT2D eigenvalue weighted by atomic mass is 19.1. The first-order valence-electron chi connectivity index (χ1n) is 10.3. The first kappa shape index (κ1) is 21.4. The van der Waals surface area contributed by atoms with E-state index in [9.17, 15) is 9.18 Å². The van der Waals surface area contributed by atoms with Gasteiger partial charge in [-0.3, -0.25) is 4.79 Å². The normalized spacial score (nSPS) is 15.9. The molecule has 1 fully saturated rings. The molecule has 1 aliphatic rings. The monoisotopic (exact) mass is 436 g/mol. The number of nitrogens with two attached hydrogens (primary N) is 2. The molecule has 0 bridgehead atoms. The molecular weight excluding hydrogens is 411 g/mol. The fourth-order valence-electron chi connectivity index (χ4n) is 3.79. The summed E-state index contributed by atoms with van der Waals surface area (Å²) in [6, 6.07) is 13.5. The molecule has 2 heterocycles. The minimum Gasteiger partial charge on any atom is -0.497 e. The lowest BCUT2D eigenvalue weighted by molar-refractivity contribution is -0.120. The van der Waals surface area contributed by atoms with E-state index in [1.54, 1.807) is 25.3 Å². The van der Waals surface area contributed by atoms with Crippen LogP contribution in [-0.4, -0.2) is 36.1 Å². The lowest BCUT2D eigenvalue weighted by Gasteiger charge is -2.33. The Labute approximate surface area is 185 Å². The zero-order valence-electron chi connectivity index (χ0n) is 17.7. The van der Waals surface area contributed by atoms with Crippen molar-refractivity contribution in [3.05, 3.63) is 54.3 Å². The summed E-state index contributed by atoms with van der Waals surface area (Å²) < 4.78 is 19.1. The lowest BCUT2D eigenvalue weighted by Crippen LogP contribution is -2.41. The molecule has 4 rings (SSSR count). The highest BCUT2D eigenvalue weighted by molar-refractivity contribution is 5.93. The summed E-state index contributed by atoms with van der Waals surface area (Å²) in [5, 5.41) is 2.96. The number of ether oxygens (including phenoxy) is 1. The topological polar surface area (TPSA) is 119 Å². The number of piperidine rings is 1. The van der Waals surface area contributed by atoms with Crippen molar-refractivity contribution < 1.29 is 13.9 Å². The number of hydrogen-bond donors (Lipinski definition) is 3. The Hall–Kier alpha value is -3.88. The van der Waals surface area contributed by atoms with Crippen molar-refractivity contribution in [1.29, 1.82) is 0 Å². The molecule has 8 nitrogen and oxygen atoms in total. The Kier molecular flexibility index (Phi) is 6.07. The number of anilines is 4. The number of hydrogen-bond acceptors (Lipinski definition) is 7. The Balaban J connectivity index is 1.52. The minimum atomic E-state index is -0.520. The maximum atomic E-state index is 13.9. The number of carbonyl (C=O) groups is 1. The molecule has 5 N–H and O–H groups in total. The van der Waals surface area contributed by atoms with Gasteiger partial charge in [0.15, 0.2) is 0 Å². The van der Waals surface area contributed by atoms with Crippen molar-refractivity contribution in [3.63, 3.8) is 0 Å². The molecule has 1 aliphatic heterocycles. The Bertz CT molecular complexity index is 1140. The zero-order valence-corrected chi connectivity index (χ0v) is 17.7. The van der Waals surface area contributed by atoms with Gasteiger partial charge in [0.05, 0.1) is 24.4 Å². The maximum Gasteiger partial charge on any atom is 0.229 e. The molecule has 32 heavy (non-hydrogen) atoms.